The van der Waals surface area contributed by atoms with Crippen molar-refractivity contribution in [2.75, 3.05) is 13.2 Å². The molecule has 1 aromatic heterocycles. The Kier molecular flexibility index (Phi) is 5.16. The van der Waals surface area contributed by atoms with Gasteiger partial charge in [0, 0.05) is 24.7 Å². The first-order valence-electron chi connectivity index (χ1n) is 6.45. The molecule has 118 valence electrons. The summed E-state index contributed by atoms with van der Waals surface area (Å²) in [5, 5.41) is 3.94. The topological polar surface area (TPSA) is 66.0 Å². The molecule has 0 aliphatic carbocycles. The highest BCUT2D eigenvalue weighted by atomic mass is 19.3. The van der Waals surface area contributed by atoms with Crippen molar-refractivity contribution in [2.45, 2.75) is 6.43 Å². The second-order valence-electron chi connectivity index (χ2n) is 4.50. The number of alkyl halides is 2. The zero-order valence-corrected chi connectivity index (χ0v) is 11.8. The molecule has 0 saturated carbocycles. The molecule has 0 unspecified atom stereocenters. The third-order valence-electron chi connectivity index (χ3n) is 2.95. The summed E-state index contributed by atoms with van der Waals surface area (Å²) in [6, 6.07) is 6.53. The number of ether oxygens (including phenoxy) is 1. The van der Waals surface area contributed by atoms with Gasteiger partial charge in [0.15, 0.2) is 11.6 Å². The molecule has 0 fully saturated rings. The van der Waals surface area contributed by atoms with E-state index in [1.807, 2.05) is 0 Å². The van der Waals surface area contributed by atoms with E-state index in [0.29, 0.717) is 23.2 Å². The van der Waals surface area contributed by atoms with Gasteiger partial charge in [0.1, 0.15) is 12.4 Å². The van der Waals surface area contributed by atoms with E-state index >= 15 is 0 Å². The van der Waals surface area contributed by atoms with Crippen LogP contribution < -0.4 is 10.5 Å². The van der Waals surface area contributed by atoms with Gasteiger partial charge in [-0.15, -0.1) is 0 Å². The summed E-state index contributed by atoms with van der Waals surface area (Å²) in [4.78, 5) is 3.80. The van der Waals surface area contributed by atoms with Crippen LogP contribution in [0.4, 0.5) is 13.2 Å². The minimum atomic E-state index is -2.68. The Morgan fingerprint density at radius 1 is 1.36 bits per heavy atom. The monoisotopic (exact) mass is 312 g/mol. The van der Waals surface area contributed by atoms with E-state index in [2.05, 4.69) is 10.1 Å². The molecule has 1 aromatic carbocycles. The second-order valence-corrected chi connectivity index (χ2v) is 4.50. The number of benzene rings is 1. The van der Waals surface area contributed by atoms with Crippen molar-refractivity contribution in [3.05, 3.63) is 42.0 Å². The second kappa shape index (κ2) is 7.08. The van der Waals surface area contributed by atoms with Gasteiger partial charge in [0.05, 0.1) is 6.33 Å². The van der Waals surface area contributed by atoms with Crippen LogP contribution in [0.2, 0.25) is 0 Å². The zero-order chi connectivity index (χ0) is 16.1. The fourth-order valence-corrected chi connectivity index (χ4v) is 1.72. The molecule has 0 aliphatic rings. The molecule has 5 nitrogen and oxygen atoms in total. The average molecular weight is 312 g/mol. The van der Waals surface area contributed by atoms with E-state index in [1.54, 1.807) is 24.3 Å². The molecule has 0 atom stereocenters. The lowest BCUT2D eigenvalue weighted by atomic mass is 10.2. The standard InChI is InChI=1S/C14H15F3N4O/c1-21-14(12(16)17)19-13(20-21)10-2-4-11(5-3-10)22-8-9(6-15)7-18/h2-6,12H,7-8,18H2,1H3/b9-6-. The molecular formula is C14H15F3N4O. The number of aromatic nitrogens is 3. The molecular weight excluding hydrogens is 297 g/mol. The Morgan fingerprint density at radius 2 is 2.05 bits per heavy atom. The Bertz CT molecular complexity index is 653. The lowest BCUT2D eigenvalue weighted by Gasteiger charge is -2.07. The van der Waals surface area contributed by atoms with Crippen LogP contribution in [0.5, 0.6) is 5.75 Å². The number of hydrogen-bond acceptors (Lipinski definition) is 4. The number of nitrogens with two attached hydrogens (primary N) is 1. The normalized spacial score (nSPS) is 12.0. The van der Waals surface area contributed by atoms with Crippen LogP contribution in [-0.2, 0) is 7.05 Å². The predicted octanol–water partition coefficient (Wildman–Crippen LogP) is 2.61. The van der Waals surface area contributed by atoms with Crippen LogP contribution >= 0.6 is 0 Å². The lowest BCUT2D eigenvalue weighted by molar-refractivity contribution is 0.135. The van der Waals surface area contributed by atoms with E-state index in [-0.39, 0.29) is 19.0 Å². The fraction of sp³-hybridized carbons (Fsp3) is 0.286. The Morgan fingerprint density at radius 3 is 2.55 bits per heavy atom. The third-order valence-corrected chi connectivity index (χ3v) is 2.95. The fourth-order valence-electron chi connectivity index (χ4n) is 1.72. The highest BCUT2D eigenvalue weighted by molar-refractivity contribution is 5.55. The largest absolute Gasteiger partial charge is 0.489 e. The Balaban J connectivity index is 2.10. The number of hydrogen-bond donors (Lipinski definition) is 1. The van der Waals surface area contributed by atoms with E-state index in [9.17, 15) is 13.2 Å². The van der Waals surface area contributed by atoms with Crippen molar-refractivity contribution >= 4 is 0 Å². The van der Waals surface area contributed by atoms with Crippen molar-refractivity contribution in [1.82, 2.24) is 14.8 Å². The Hall–Kier alpha value is -2.35. The van der Waals surface area contributed by atoms with Gasteiger partial charge in [-0.3, -0.25) is 0 Å². The van der Waals surface area contributed by atoms with Crippen molar-refractivity contribution in [3.8, 4) is 17.1 Å². The first kappa shape index (κ1) is 16.0. The Labute approximate surface area is 125 Å². The highest BCUT2D eigenvalue weighted by Crippen LogP contribution is 2.23. The van der Waals surface area contributed by atoms with Gasteiger partial charge >= 0.3 is 0 Å². The van der Waals surface area contributed by atoms with Gasteiger partial charge in [-0.2, -0.15) is 5.10 Å². The molecule has 2 rings (SSSR count). The van der Waals surface area contributed by atoms with E-state index in [1.165, 1.54) is 7.05 Å². The summed E-state index contributed by atoms with van der Waals surface area (Å²) >= 11 is 0. The molecule has 0 amide bonds. The number of aryl methyl sites for hydroxylation is 1. The lowest BCUT2D eigenvalue weighted by Crippen LogP contribution is -2.10. The first-order chi connectivity index (χ1) is 10.5. The molecule has 0 saturated heterocycles. The van der Waals surface area contributed by atoms with Crippen LogP contribution in [-0.4, -0.2) is 27.9 Å². The summed E-state index contributed by atoms with van der Waals surface area (Å²) in [6.45, 7) is 0.118. The summed E-state index contributed by atoms with van der Waals surface area (Å²) in [5.74, 6) is 0.313. The van der Waals surface area contributed by atoms with E-state index in [0.717, 1.165) is 4.68 Å². The minimum absolute atomic E-state index is 0.0454. The van der Waals surface area contributed by atoms with Gasteiger partial charge in [0.25, 0.3) is 6.43 Å². The number of halogens is 3. The minimum Gasteiger partial charge on any atom is -0.489 e. The van der Waals surface area contributed by atoms with Crippen LogP contribution in [0, 0.1) is 0 Å². The van der Waals surface area contributed by atoms with Crippen LogP contribution in [0.1, 0.15) is 12.2 Å². The molecule has 2 N–H and O–H groups in total. The summed E-state index contributed by atoms with van der Waals surface area (Å²) in [5.41, 5.74) is 6.23. The molecule has 0 aliphatic heterocycles. The zero-order valence-electron chi connectivity index (χ0n) is 11.8. The summed E-state index contributed by atoms with van der Waals surface area (Å²) in [6.07, 6.45) is -2.27. The quantitative estimate of drug-likeness (QED) is 0.890. The molecule has 1 heterocycles. The number of nitrogens with zero attached hydrogens (tertiary/aromatic N) is 3. The summed E-state index contributed by atoms with van der Waals surface area (Å²) in [7, 11) is 1.41. The molecule has 0 bridgehead atoms. The van der Waals surface area contributed by atoms with Gasteiger partial charge in [-0.1, -0.05) is 0 Å². The molecule has 0 spiro atoms. The van der Waals surface area contributed by atoms with Gasteiger partial charge in [-0.05, 0) is 24.3 Å². The third kappa shape index (κ3) is 3.64. The molecule has 2 aromatic rings. The molecule has 0 radical (unpaired) electrons. The highest BCUT2D eigenvalue weighted by Gasteiger charge is 2.17. The van der Waals surface area contributed by atoms with Crippen molar-refractivity contribution < 1.29 is 17.9 Å². The molecule has 22 heavy (non-hydrogen) atoms. The average Bonchev–Trinajstić information content (AvgIpc) is 2.91. The number of rotatable bonds is 6. The van der Waals surface area contributed by atoms with Crippen molar-refractivity contribution in [3.63, 3.8) is 0 Å². The van der Waals surface area contributed by atoms with Gasteiger partial charge < -0.3 is 10.5 Å². The van der Waals surface area contributed by atoms with Crippen LogP contribution in [0.3, 0.4) is 0 Å². The predicted molar refractivity (Wildman–Crippen MR) is 75.1 cm³/mol. The first-order valence-corrected chi connectivity index (χ1v) is 6.45. The van der Waals surface area contributed by atoms with Crippen molar-refractivity contribution in [2.24, 2.45) is 12.8 Å². The summed E-state index contributed by atoms with van der Waals surface area (Å²) < 4.78 is 44.1. The maximum Gasteiger partial charge on any atom is 0.297 e. The van der Waals surface area contributed by atoms with E-state index in [4.69, 9.17) is 10.5 Å². The van der Waals surface area contributed by atoms with E-state index < -0.39 is 12.2 Å². The van der Waals surface area contributed by atoms with Crippen LogP contribution in [0.15, 0.2) is 36.2 Å². The maximum absolute atomic E-state index is 12.7. The smallest absolute Gasteiger partial charge is 0.297 e. The maximum atomic E-state index is 12.7. The van der Waals surface area contributed by atoms with Gasteiger partial charge in [-0.25, -0.2) is 22.8 Å². The van der Waals surface area contributed by atoms with Crippen molar-refractivity contribution in [1.29, 1.82) is 0 Å². The SMILES string of the molecule is Cn1nc(-c2ccc(OC/C(=C\F)CN)cc2)nc1C(F)F. The van der Waals surface area contributed by atoms with Crippen LogP contribution in [0.25, 0.3) is 11.4 Å². The molecule has 8 heteroatoms. The van der Waals surface area contributed by atoms with Gasteiger partial charge in [0.2, 0.25) is 0 Å².